The Hall–Kier alpha value is -2.83. The standard InChI is InChI=1S/C24H34N2O5/c1-4-7-9-10-11-12-15-25-21-18-19(26(28)29)13-14-20(21)22(31-17-8-5-2)23(24(25)27)30-16-6-3/h6,13-14,18H,3-5,7-12,15-17H2,1-2H3. The third-order valence-electron chi connectivity index (χ3n) is 5.20. The molecule has 0 saturated heterocycles. The number of benzene rings is 1. The van der Waals surface area contributed by atoms with E-state index < -0.39 is 4.92 Å². The van der Waals surface area contributed by atoms with E-state index in [1.54, 1.807) is 16.7 Å². The van der Waals surface area contributed by atoms with Crippen molar-refractivity contribution in [2.24, 2.45) is 0 Å². The van der Waals surface area contributed by atoms with Crippen LogP contribution in [0, 0.1) is 10.1 Å². The minimum absolute atomic E-state index is 0.0529. The van der Waals surface area contributed by atoms with Crippen molar-refractivity contribution in [3.8, 4) is 11.5 Å². The molecular weight excluding hydrogens is 396 g/mol. The number of hydrogen-bond acceptors (Lipinski definition) is 5. The van der Waals surface area contributed by atoms with Gasteiger partial charge in [-0.1, -0.05) is 65.0 Å². The Morgan fingerprint density at radius 1 is 1.03 bits per heavy atom. The average molecular weight is 431 g/mol. The molecule has 7 heteroatoms. The van der Waals surface area contributed by atoms with Crippen LogP contribution < -0.4 is 15.0 Å². The van der Waals surface area contributed by atoms with Crippen LogP contribution in [0.3, 0.4) is 0 Å². The molecule has 0 saturated carbocycles. The molecule has 0 N–H and O–H groups in total. The van der Waals surface area contributed by atoms with E-state index in [4.69, 9.17) is 9.47 Å². The number of nitrogens with zero attached hydrogens (tertiary/aromatic N) is 2. The molecule has 0 atom stereocenters. The number of aryl methyl sites for hydroxylation is 1. The van der Waals surface area contributed by atoms with Crippen molar-refractivity contribution in [2.75, 3.05) is 13.2 Å². The van der Waals surface area contributed by atoms with E-state index in [-0.39, 0.29) is 23.6 Å². The second-order valence-corrected chi connectivity index (χ2v) is 7.64. The summed E-state index contributed by atoms with van der Waals surface area (Å²) in [6, 6.07) is 4.54. The second kappa shape index (κ2) is 12.8. The van der Waals surface area contributed by atoms with Crippen molar-refractivity contribution >= 4 is 16.6 Å². The predicted octanol–water partition coefficient (Wildman–Crippen LogP) is 6.01. The van der Waals surface area contributed by atoms with Gasteiger partial charge in [0.2, 0.25) is 5.75 Å². The maximum absolute atomic E-state index is 13.3. The van der Waals surface area contributed by atoms with E-state index in [9.17, 15) is 14.9 Å². The van der Waals surface area contributed by atoms with Gasteiger partial charge in [-0.05, 0) is 18.9 Å². The van der Waals surface area contributed by atoms with Crippen LogP contribution in [0.25, 0.3) is 10.9 Å². The summed E-state index contributed by atoms with van der Waals surface area (Å²) in [5.74, 6) is 0.493. The lowest BCUT2D eigenvalue weighted by Crippen LogP contribution is -2.24. The number of nitro groups is 1. The Morgan fingerprint density at radius 3 is 2.42 bits per heavy atom. The summed E-state index contributed by atoms with van der Waals surface area (Å²) < 4.78 is 13.3. The van der Waals surface area contributed by atoms with Crippen LogP contribution in [0.4, 0.5) is 5.69 Å². The summed E-state index contributed by atoms with van der Waals surface area (Å²) >= 11 is 0. The summed E-state index contributed by atoms with van der Waals surface area (Å²) in [7, 11) is 0. The molecule has 0 aliphatic heterocycles. The zero-order valence-electron chi connectivity index (χ0n) is 18.7. The number of fused-ring (bicyclic) bond motifs is 1. The van der Waals surface area contributed by atoms with E-state index >= 15 is 0 Å². The first kappa shape index (κ1) is 24.4. The van der Waals surface area contributed by atoms with Crippen LogP contribution >= 0.6 is 0 Å². The monoisotopic (exact) mass is 430 g/mol. The largest absolute Gasteiger partial charge is 0.489 e. The molecule has 0 aliphatic rings. The highest BCUT2D eigenvalue weighted by atomic mass is 16.6. The lowest BCUT2D eigenvalue weighted by atomic mass is 10.1. The highest BCUT2D eigenvalue weighted by Gasteiger charge is 2.21. The third-order valence-corrected chi connectivity index (χ3v) is 5.20. The van der Waals surface area contributed by atoms with E-state index in [1.165, 1.54) is 31.4 Å². The van der Waals surface area contributed by atoms with Crippen molar-refractivity contribution in [1.29, 1.82) is 0 Å². The molecule has 1 aromatic heterocycles. The topological polar surface area (TPSA) is 83.6 Å². The summed E-state index contributed by atoms with van der Waals surface area (Å²) in [4.78, 5) is 24.3. The number of aromatic nitrogens is 1. The van der Waals surface area contributed by atoms with Gasteiger partial charge >= 0.3 is 0 Å². The Labute approximate surface area is 183 Å². The fraction of sp³-hybridized carbons (Fsp3) is 0.542. The van der Waals surface area contributed by atoms with Gasteiger partial charge < -0.3 is 14.0 Å². The molecule has 0 fully saturated rings. The minimum Gasteiger partial charge on any atom is -0.489 e. The lowest BCUT2D eigenvalue weighted by Gasteiger charge is -2.18. The smallest absolute Gasteiger partial charge is 0.297 e. The first-order chi connectivity index (χ1) is 15.0. The quantitative estimate of drug-likeness (QED) is 0.149. The fourth-order valence-electron chi connectivity index (χ4n) is 3.50. The molecular formula is C24H34N2O5. The molecule has 2 rings (SSSR count). The van der Waals surface area contributed by atoms with Crippen LogP contribution in [0.15, 0.2) is 35.6 Å². The number of rotatable bonds is 15. The van der Waals surface area contributed by atoms with Gasteiger partial charge in [-0.2, -0.15) is 0 Å². The number of hydrogen-bond donors (Lipinski definition) is 0. The molecule has 170 valence electrons. The van der Waals surface area contributed by atoms with Gasteiger partial charge in [-0.15, -0.1) is 0 Å². The predicted molar refractivity (Wildman–Crippen MR) is 124 cm³/mol. The van der Waals surface area contributed by atoms with Gasteiger partial charge in [0.15, 0.2) is 5.75 Å². The van der Waals surface area contributed by atoms with Crippen molar-refractivity contribution < 1.29 is 14.4 Å². The third kappa shape index (κ3) is 6.57. The molecule has 1 aromatic carbocycles. The number of ether oxygens (including phenoxy) is 2. The van der Waals surface area contributed by atoms with Gasteiger partial charge in [-0.3, -0.25) is 14.9 Å². The van der Waals surface area contributed by atoms with Crippen LogP contribution in [0.1, 0.15) is 65.2 Å². The minimum atomic E-state index is -0.446. The van der Waals surface area contributed by atoms with E-state index in [0.29, 0.717) is 29.8 Å². The molecule has 31 heavy (non-hydrogen) atoms. The van der Waals surface area contributed by atoms with Crippen LogP contribution in [0.2, 0.25) is 0 Å². The summed E-state index contributed by atoms with van der Waals surface area (Å²) in [6.07, 6.45) is 9.84. The number of nitro benzene ring substituents is 1. The highest BCUT2D eigenvalue weighted by Crippen LogP contribution is 2.35. The van der Waals surface area contributed by atoms with Gasteiger partial charge in [0, 0.05) is 24.1 Å². The van der Waals surface area contributed by atoms with E-state index in [2.05, 4.69) is 20.4 Å². The van der Waals surface area contributed by atoms with Crippen molar-refractivity contribution in [1.82, 2.24) is 4.57 Å². The summed E-state index contributed by atoms with van der Waals surface area (Å²) in [6.45, 7) is 8.98. The Morgan fingerprint density at radius 2 is 1.74 bits per heavy atom. The molecule has 0 unspecified atom stereocenters. The Balaban J connectivity index is 2.51. The molecule has 0 aliphatic carbocycles. The van der Waals surface area contributed by atoms with Gasteiger partial charge in [0.1, 0.15) is 6.61 Å². The number of unbranched alkanes of at least 4 members (excludes halogenated alkanes) is 6. The average Bonchev–Trinajstić information content (AvgIpc) is 2.76. The van der Waals surface area contributed by atoms with Gasteiger partial charge in [-0.25, -0.2) is 0 Å². The zero-order valence-corrected chi connectivity index (χ0v) is 18.7. The lowest BCUT2D eigenvalue weighted by molar-refractivity contribution is -0.384. The molecule has 0 radical (unpaired) electrons. The number of pyridine rings is 1. The maximum Gasteiger partial charge on any atom is 0.297 e. The molecule has 7 nitrogen and oxygen atoms in total. The van der Waals surface area contributed by atoms with Crippen LogP contribution in [0.5, 0.6) is 11.5 Å². The van der Waals surface area contributed by atoms with Gasteiger partial charge in [0.25, 0.3) is 11.2 Å². The van der Waals surface area contributed by atoms with Gasteiger partial charge in [0.05, 0.1) is 17.0 Å². The van der Waals surface area contributed by atoms with E-state index in [1.807, 2.05) is 0 Å². The Kier molecular flexibility index (Phi) is 10.1. The maximum atomic E-state index is 13.3. The molecule has 0 spiro atoms. The molecule has 2 aromatic rings. The van der Waals surface area contributed by atoms with Crippen molar-refractivity contribution in [3.63, 3.8) is 0 Å². The zero-order chi connectivity index (χ0) is 22.6. The highest BCUT2D eigenvalue weighted by molar-refractivity contribution is 5.89. The van der Waals surface area contributed by atoms with E-state index in [0.717, 1.165) is 32.1 Å². The SMILES string of the molecule is C=CCOc1c(OCCCC)c2ccc([N+](=O)[O-])cc2n(CCCCCCCC)c1=O. The molecule has 0 amide bonds. The second-order valence-electron chi connectivity index (χ2n) is 7.64. The summed E-state index contributed by atoms with van der Waals surface area (Å²) in [5.41, 5.74) is 0.128. The van der Waals surface area contributed by atoms with Crippen LogP contribution in [-0.2, 0) is 6.54 Å². The van der Waals surface area contributed by atoms with Crippen molar-refractivity contribution in [2.45, 2.75) is 71.8 Å². The fourth-order valence-corrected chi connectivity index (χ4v) is 3.50. The molecule has 0 bridgehead atoms. The molecule has 1 heterocycles. The normalized spacial score (nSPS) is 10.9. The number of non-ortho nitro benzene ring substituents is 1. The first-order valence-electron chi connectivity index (χ1n) is 11.3. The Bertz CT molecular complexity index is 936. The van der Waals surface area contributed by atoms with Crippen molar-refractivity contribution in [3.05, 3.63) is 51.3 Å². The summed E-state index contributed by atoms with van der Waals surface area (Å²) in [5, 5.41) is 12.0. The first-order valence-corrected chi connectivity index (χ1v) is 11.3. The van der Waals surface area contributed by atoms with Crippen LogP contribution in [-0.4, -0.2) is 22.7 Å².